The van der Waals surface area contributed by atoms with Gasteiger partial charge in [0.2, 0.25) is 5.91 Å². The molecule has 0 aromatic heterocycles. The van der Waals surface area contributed by atoms with E-state index in [1.807, 2.05) is 32.0 Å². The first kappa shape index (κ1) is 12.6. The van der Waals surface area contributed by atoms with Crippen LogP contribution in [0.4, 0.5) is 5.69 Å². The van der Waals surface area contributed by atoms with Gasteiger partial charge in [-0.05, 0) is 30.2 Å². The van der Waals surface area contributed by atoms with Gasteiger partial charge in [0, 0.05) is 11.6 Å². The molecule has 1 N–H and O–H groups in total. The Morgan fingerprint density at radius 3 is 2.62 bits per heavy atom. The minimum atomic E-state index is -0.00759. The molecule has 0 fully saturated rings. The molecule has 1 aromatic rings. The van der Waals surface area contributed by atoms with E-state index in [-0.39, 0.29) is 11.8 Å². The highest BCUT2D eigenvalue weighted by molar-refractivity contribution is 5.92. The predicted molar refractivity (Wildman–Crippen MR) is 65.8 cm³/mol. The Morgan fingerprint density at radius 1 is 1.44 bits per heavy atom. The van der Waals surface area contributed by atoms with Gasteiger partial charge in [-0.1, -0.05) is 20.8 Å². The van der Waals surface area contributed by atoms with Gasteiger partial charge in [0.1, 0.15) is 5.75 Å². The lowest BCUT2D eigenvalue weighted by molar-refractivity contribution is -0.118. The summed E-state index contributed by atoms with van der Waals surface area (Å²) in [5.41, 5.74) is 1.97. The van der Waals surface area contributed by atoms with Gasteiger partial charge in [-0.3, -0.25) is 4.79 Å². The zero-order chi connectivity index (χ0) is 12.1. The number of carbonyl (C=O) groups excluding carboxylic acids is 1. The van der Waals surface area contributed by atoms with Crippen molar-refractivity contribution in [2.24, 2.45) is 5.92 Å². The average molecular weight is 221 g/mol. The summed E-state index contributed by atoms with van der Waals surface area (Å²) in [6.45, 7) is 5.81. The Morgan fingerprint density at radius 2 is 2.12 bits per heavy atom. The van der Waals surface area contributed by atoms with Crippen LogP contribution in [0.5, 0.6) is 5.75 Å². The summed E-state index contributed by atoms with van der Waals surface area (Å²) in [7, 11) is 1.64. The molecule has 0 atom stereocenters. The Kier molecular flexibility index (Phi) is 4.35. The molecule has 0 bridgehead atoms. The van der Waals surface area contributed by atoms with Crippen LogP contribution in [0.2, 0.25) is 0 Å². The number of ether oxygens (including phenoxy) is 1. The standard InChI is InChI=1S/C13H19NO2/c1-5-10-8-11(16-4)6-7-12(10)14-13(15)9(2)3/h6-9H,5H2,1-4H3,(H,14,15). The molecule has 0 aliphatic rings. The van der Waals surface area contributed by atoms with Crippen LogP contribution < -0.4 is 10.1 Å². The van der Waals surface area contributed by atoms with Crippen molar-refractivity contribution < 1.29 is 9.53 Å². The molecule has 0 aliphatic heterocycles. The van der Waals surface area contributed by atoms with Gasteiger partial charge in [0.25, 0.3) is 0 Å². The molecule has 0 heterocycles. The van der Waals surface area contributed by atoms with Gasteiger partial charge >= 0.3 is 0 Å². The zero-order valence-corrected chi connectivity index (χ0v) is 10.3. The van der Waals surface area contributed by atoms with Crippen molar-refractivity contribution in [2.45, 2.75) is 27.2 Å². The molecule has 0 radical (unpaired) electrons. The molecule has 1 rings (SSSR count). The van der Waals surface area contributed by atoms with Crippen LogP contribution in [0.1, 0.15) is 26.3 Å². The average Bonchev–Trinajstić information content (AvgIpc) is 2.29. The number of hydrogen-bond donors (Lipinski definition) is 1. The van der Waals surface area contributed by atoms with Gasteiger partial charge in [0.15, 0.2) is 0 Å². The van der Waals surface area contributed by atoms with Gasteiger partial charge in [-0.2, -0.15) is 0 Å². The molecule has 0 aliphatic carbocycles. The van der Waals surface area contributed by atoms with Gasteiger partial charge in [0.05, 0.1) is 7.11 Å². The lowest BCUT2D eigenvalue weighted by Gasteiger charge is -2.12. The third-order valence-electron chi connectivity index (χ3n) is 2.48. The predicted octanol–water partition coefficient (Wildman–Crippen LogP) is 2.85. The lowest BCUT2D eigenvalue weighted by Crippen LogP contribution is -2.18. The number of methoxy groups -OCH3 is 1. The van der Waals surface area contributed by atoms with E-state index in [1.54, 1.807) is 7.11 Å². The smallest absolute Gasteiger partial charge is 0.226 e. The number of carbonyl (C=O) groups is 1. The molecule has 0 spiro atoms. The third kappa shape index (κ3) is 2.99. The van der Waals surface area contributed by atoms with Crippen molar-refractivity contribution in [1.29, 1.82) is 0 Å². The van der Waals surface area contributed by atoms with Gasteiger partial charge in [-0.25, -0.2) is 0 Å². The quantitative estimate of drug-likeness (QED) is 0.849. The molecule has 3 nitrogen and oxygen atoms in total. The number of nitrogens with one attached hydrogen (secondary N) is 1. The van der Waals surface area contributed by atoms with Crippen molar-refractivity contribution in [1.82, 2.24) is 0 Å². The fourth-order valence-corrected chi connectivity index (χ4v) is 1.39. The monoisotopic (exact) mass is 221 g/mol. The van der Waals surface area contributed by atoms with E-state index in [0.717, 1.165) is 23.4 Å². The number of aryl methyl sites for hydroxylation is 1. The Labute approximate surface area is 96.8 Å². The molecule has 0 saturated heterocycles. The molecule has 88 valence electrons. The topological polar surface area (TPSA) is 38.3 Å². The van der Waals surface area contributed by atoms with Crippen LogP contribution in [-0.4, -0.2) is 13.0 Å². The summed E-state index contributed by atoms with van der Waals surface area (Å²) in [4.78, 5) is 11.6. The summed E-state index contributed by atoms with van der Waals surface area (Å²) in [6.07, 6.45) is 0.866. The summed E-state index contributed by atoms with van der Waals surface area (Å²) in [5, 5.41) is 2.92. The third-order valence-corrected chi connectivity index (χ3v) is 2.48. The highest BCUT2D eigenvalue weighted by Crippen LogP contribution is 2.22. The maximum atomic E-state index is 11.6. The second kappa shape index (κ2) is 5.54. The van der Waals surface area contributed by atoms with Gasteiger partial charge in [-0.15, -0.1) is 0 Å². The first-order valence-electron chi connectivity index (χ1n) is 5.56. The summed E-state index contributed by atoms with van der Waals surface area (Å²) in [6, 6.07) is 5.70. The minimum Gasteiger partial charge on any atom is -0.497 e. The zero-order valence-electron chi connectivity index (χ0n) is 10.3. The van der Waals surface area contributed by atoms with E-state index in [0.29, 0.717) is 0 Å². The number of rotatable bonds is 4. The van der Waals surface area contributed by atoms with E-state index in [2.05, 4.69) is 12.2 Å². The molecule has 16 heavy (non-hydrogen) atoms. The van der Waals surface area contributed by atoms with Crippen LogP contribution in [0.3, 0.4) is 0 Å². The summed E-state index contributed by atoms with van der Waals surface area (Å²) < 4.78 is 5.15. The largest absolute Gasteiger partial charge is 0.497 e. The lowest BCUT2D eigenvalue weighted by atomic mass is 10.1. The van der Waals surface area contributed by atoms with Crippen LogP contribution >= 0.6 is 0 Å². The van der Waals surface area contributed by atoms with E-state index in [4.69, 9.17) is 4.74 Å². The Hall–Kier alpha value is -1.51. The van der Waals surface area contributed by atoms with Gasteiger partial charge < -0.3 is 10.1 Å². The molecule has 1 amide bonds. The number of hydrogen-bond acceptors (Lipinski definition) is 2. The number of amides is 1. The van der Waals surface area contributed by atoms with E-state index in [9.17, 15) is 4.79 Å². The highest BCUT2D eigenvalue weighted by atomic mass is 16.5. The van der Waals surface area contributed by atoms with Crippen molar-refractivity contribution in [3.63, 3.8) is 0 Å². The second-order valence-electron chi connectivity index (χ2n) is 4.02. The summed E-state index contributed by atoms with van der Waals surface area (Å²) in [5.74, 6) is 0.853. The maximum absolute atomic E-state index is 11.6. The first-order chi connectivity index (χ1) is 7.58. The van der Waals surface area contributed by atoms with Crippen molar-refractivity contribution in [2.75, 3.05) is 12.4 Å². The number of anilines is 1. The Balaban J connectivity index is 2.91. The van der Waals surface area contributed by atoms with Crippen LogP contribution in [-0.2, 0) is 11.2 Å². The molecule has 3 heteroatoms. The molecule has 0 unspecified atom stereocenters. The van der Waals surface area contributed by atoms with Crippen LogP contribution in [0.15, 0.2) is 18.2 Å². The molecular weight excluding hydrogens is 202 g/mol. The first-order valence-corrected chi connectivity index (χ1v) is 5.56. The Bertz CT molecular complexity index is 372. The van der Waals surface area contributed by atoms with E-state index in [1.165, 1.54) is 0 Å². The van der Waals surface area contributed by atoms with Crippen LogP contribution in [0.25, 0.3) is 0 Å². The fourth-order valence-electron chi connectivity index (χ4n) is 1.39. The molecular formula is C13H19NO2. The fraction of sp³-hybridized carbons (Fsp3) is 0.462. The van der Waals surface area contributed by atoms with Crippen LogP contribution in [0, 0.1) is 5.92 Å². The van der Waals surface area contributed by atoms with Crippen molar-refractivity contribution in [3.05, 3.63) is 23.8 Å². The molecule has 1 aromatic carbocycles. The molecule has 0 saturated carbocycles. The van der Waals surface area contributed by atoms with Crippen molar-refractivity contribution >= 4 is 11.6 Å². The normalized spacial score (nSPS) is 10.3. The minimum absolute atomic E-state index is 0.00759. The maximum Gasteiger partial charge on any atom is 0.226 e. The summed E-state index contributed by atoms with van der Waals surface area (Å²) >= 11 is 0. The second-order valence-corrected chi connectivity index (χ2v) is 4.02. The SMILES string of the molecule is CCc1cc(OC)ccc1NC(=O)C(C)C. The van der Waals surface area contributed by atoms with Crippen molar-refractivity contribution in [3.8, 4) is 5.75 Å². The highest BCUT2D eigenvalue weighted by Gasteiger charge is 2.09. The number of benzene rings is 1. The van der Waals surface area contributed by atoms with E-state index < -0.39 is 0 Å². The van der Waals surface area contributed by atoms with E-state index >= 15 is 0 Å².